The fraction of sp³-hybridized carbons (Fsp3) is 0.417. The summed E-state index contributed by atoms with van der Waals surface area (Å²) in [4.78, 5) is 4.18. The molecule has 21 heavy (non-hydrogen) atoms. The zero-order valence-corrected chi connectivity index (χ0v) is 13.5. The molecule has 0 spiro atoms. The van der Waals surface area contributed by atoms with Crippen molar-refractivity contribution in [3.8, 4) is 0 Å². The third kappa shape index (κ3) is 4.11. The van der Waals surface area contributed by atoms with Crippen molar-refractivity contribution in [3.05, 3.63) is 23.3 Å². The predicted octanol–water partition coefficient (Wildman–Crippen LogP) is 2.12. The fourth-order valence-corrected chi connectivity index (χ4v) is 3.36. The monoisotopic (exact) mass is 327 g/mol. The van der Waals surface area contributed by atoms with Gasteiger partial charge in [0.1, 0.15) is 15.7 Å². The molecule has 0 saturated heterocycles. The van der Waals surface area contributed by atoms with Crippen LogP contribution in [0.2, 0.25) is 0 Å². The van der Waals surface area contributed by atoms with E-state index in [1.165, 1.54) is 23.6 Å². The molecular formula is C12H17N5O2S2. The lowest BCUT2D eigenvalue weighted by atomic mass is 10.4. The first-order chi connectivity index (χ1) is 10.0. The van der Waals surface area contributed by atoms with Crippen LogP contribution in [0.15, 0.2) is 23.2 Å². The van der Waals surface area contributed by atoms with Crippen LogP contribution in [0.5, 0.6) is 0 Å². The van der Waals surface area contributed by atoms with Gasteiger partial charge in [-0.3, -0.25) is 4.72 Å². The second-order valence-corrected chi connectivity index (χ2v) is 7.01. The minimum absolute atomic E-state index is 0.0952. The van der Waals surface area contributed by atoms with E-state index in [9.17, 15) is 8.42 Å². The average molecular weight is 327 g/mol. The van der Waals surface area contributed by atoms with Gasteiger partial charge in [-0.15, -0.1) is 10.2 Å². The molecule has 0 bridgehead atoms. The molecule has 2 aromatic rings. The molecule has 0 aliphatic rings. The van der Waals surface area contributed by atoms with Gasteiger partial charge in [-0.2, -0.15) is 0 Å². The topological polar surface area (TPSA) is 96.9 Å². The first-order valence-electron chi connectivity index (χ1n) is 6.60. The molecule has 2 rings (SSSR count). The lowest BCUT2D eigenvalue weighted by molar-refractivity contribution is 0.600. The molecule has 7 nitrogen and oxygen atoms in total. The smallest absolute Gasteiger partial charge is 0.265 e. The van der Waals surface area contributed by atoms with Crippen LogP contribution >= 0.6 is 11.3 Å². The van der Waals surface area contributed by atoms with Crippen LogP contribution in [0.1, 0.15) is 25.3 Å². The molecule has 0 aliphatic heterocycles. The highest BCUT2D eigenvalue weighted by atomic mass is 32.2. The third-order valence-corrected chi connectivity index (χ3v) is 5.03. The molecule has 0 fully saturated rings. The molecule has 114 valence electrons. The number of nitrogens with one attached hydrogen (secondary N) is 2. The molecule has 0 unspecified atom stereocenters. The van der Waals surface area contributed by atoms with Crippen molar-refractivity contribution in [2.45, 2.75) is 31.6 Å². The Hall–Kier alpha value is -1.74. The summed E-state index contributed by atoms with van der Waals surface area (Å²) in [5, 5.41) is 11.8. The van der Waals surface area contributed by atoms with Crippen LogP contribution in [0, 0.1) is 0 Å². The number of pyridine rings is 1. The summed E-state index contributed by atoms with van der Waals surface area (Å²) in [6.07, 6.45) is 3.01. The summed E-state index contributed by atoms with van der Waals surface area (Å²) in [6.45, 7) is 4.77. The summed E-state index contributed by atoms with van der Waals surface area (Å²) in [5.41, 5.74) is 0. The van der Waals surface area contributed by atoms with Crippen LogP contribution in [-0.2, 0) is 16.4 Å². The van der Waals surface area contributed by atoms with E-state index in [1.807, 2.05) is 13.8 Å². The molecule has 2 heterocycles. The maximum Gasteiger partial charge on any atom is 0.265 e. The fourth-order valence-electron chi connectivity index (χ4n) is 1.51. The standard InChI is InChI=1S/C12H17N5O2S2/c1-3-7-13-10-6-5-9(8-14-10)21(18,19)17-12-16-15-11(4-2)20-12/h5-6,8H,3-4,7H2,1-2H3,(H,13,14)(H,16,17). The molecule has 2 N–H and O–H groups in total. The van der Waals surface area contributed by atoms with Gasteiger partial charge in [0.15, 0.2) is 0 Å². The van der Waals surface area contributed by atoms with Gasteiger partial charge in [0, 0.05) is 12.7 Å². The van der Waals surface area contributed by atoms with E-state index >= 15 is 0 Å². The lowest BCUT2D eigenvalue weighted by Crippen LogP contribution is -2.13. The van der Waals surface area contributed by atoms with E-state index in [0.29, 0.717) is 5.82 Å². The Morgan fingerprint density at radius 1 is 1.24 bits per heavy atom. The number of rotatable bonds is 7. The van der Waals surface area contributed by atoms with Gasteiger partial charge < -0.3 is 5.32 Å². The zero-order valence-electron chi connectivity index (χ0n) is 11.8. The molecule has 0 amide bonds. The molecule has 2 aromatic heterocycles. The van der Waals surface area contributed by atoms with Crippen LogP contribution in [0.3, 0.4) is 0 Å². The Labute approximate surface area is 127 Å². The van der Waals surface area contributed by atoms with Gasteiger partial charge in [0.2, 0.25) is 5.13 Å². The van der Waals surface area contributed by atoms with E-state index in [1.54, 1.807) is 6.07 Å². The summed E-state index contributed by atoms with van der Waals surface area (Å²) in [7, 11) is -3.68. The Kier molecular flexibility index (Phi) is 5.07. The van der Waals surface area contributed by atoms with Gasteiger partial charge in [-0.05, 0) is 25.0 Å². The number of anilines is 2. The maximum absolute atomic E-state index is 12.2. The van der Waals surface area contributed by atoms with Crippen molar-refractivity contribution in [3.63, 3.8) is 0 Å². The number of aromatic nitrogens is 3. The SMILES string of the molecule is CCCNc1ccc(S(=O)(=O)Nc2nnc(CC)s2)cn1. The Morgan fingerprint density at radius 3 is 2.62 bits per heavy atom. The van der Waals surface area contributed by atoms with Crippen LogP contribution in [0.25, 0.3) is 0 Å². The quantitative estimate of drug-likeness (QED) is 0.808. The average Bonchev–Trinajstić information content (AvgIpc) is 2.92. The van der Waals surface area contributed by atoms with E-state index in [-0.39, 0.29) is 10.0 Å². The molecule has 0 aromatic carbocycles. The van der Waals surface area contributed by atoms with Crippen LogP contribution < -0.4 is 10.0 Å². The highest BCUT2D eigenvalue weighted by molar-refractivity contribution is 7.93. The highest BCUT2D eigenvalue weighted by Gasteiger charge is 2.17. The van der Waals surface area contributed by atoms with Crippen molar-refractivity contribution in [2.75, 3.05) is 16.6 Å². The van der Waals surface area contributed by atoms with Crippen molar-refractivity contribution in [1.82, 2.24) is 15.2 Å². The summed E-state index contributed by atoms with van der Waals surface area (Å²) in [6, 6.07) is 3.15. The normalized spacial score (nSPS) is 11.3. The summed E-state index contributed by atoms with van der Waals surface area (Å²) < 4.78 is 26.8. The molecule has 0 saturated carbocycles. The number of sulfonamides is 1. The van der Waals surface area contributed by atoms with Crippen LogP contribution in [0.4, 0.5) is 10.9 Å². The zero-order chi connectivity index (χ0) is 15.3. The minimum atomic E-state index is -3.68. The minimum Gasteiger partial charge on any atom is -0.370 e. The van der Waals surface area contributed by atoms with Crippen molar-refractivity contribution >= 4 is 32.3 Å². The van der Waals surface area contributed by atoms with Crippen molar-refractivity contribution in [1.29, 1.82) is 0 Å². The van der Waals surface area contributed by atoms with Gasteiger partial charge in [0.25, 0.3) is 10.0 Å². The molecule has 0 radical (unpaired) electrons. The second kappa shape index (κ2) is 6.81. The van der Waals surface area contributed by atoms with Gasteiger partial charge >= 0.3 is 0 Å². The summed E-state index contributed by atoms with van der Waals surface area (Å²) >= 11 is 1.22. The molecule has 0 aliphatic carbocycles. The number of aryl methyl sites for hydroxylation is 1. The Balaban J connectivity index is 2.11. The first-order valence-corrected chi connectivity index (χ1v) is 8.90. The predicted molar refractivity (Wildman–Crippen MR) is 83.1 cm³/mol. The first kappa shape index (κ1) is 15.6. The maximum atomic E-state index is 12.2. The third-order valence-electron chi connectivity index (χ3n) is 2.59. The van der Waals surface area contributed by atoms with Gasteiger partial charge in [0.05, 0.1) is 0 Å². The summed E-state index contributed by atoms with van der Waals surface area (Å²) in [5.74, 6) is 0.653. The van der Waals surface area contributed by atoms with E-state index in [0.717, 1.165) is 24.4 Å². The van der Waals surface area contributed by atoms with Crippen molar-refractivity contribution < 1.29 is 8.42 Å². The van der Waals surface area contributed by atoms with E-state index in [4.69, 9.17) is 0 Å². The largest absolute Gasteiger partial charge is 0.370 e. The highest BCUT2D eigenvalue weighted by Crippen LogP contribution is 2.20. The molecule has 0 atom stereocenters. The number of hydrogen-bond donors (Lipinski definition) is 2. The van der Waals surface area contributed by atoms with E-state index < -0.39 is 10.0 Å². The van der Waals surface area contributed by atoms with Gasteiger partial charge in [-0.25, -0.2) is 13.4 Å². The molecular weight excluding hydrogens is 310 g/mol. The van der Waals surface area contributed by atoms with Gasteiger partial charge in [-0.1, -0.05) is 25.2 Å². The van der Waals surface area contributed by atoms with Crippen LogP contribution in [-0.4, -0.2) is 30.1 Å². The van der Waals surface area contributed by atoms with E-state index in [2.05, 4.69) is 25.2 Å². The van der Waals surface area contributed by atoms with Crippen molar-refractivity contribution in [2.24, 2.45) is 0 Å². The Morgan fingerprint density at radius 2 is 2.05 bits per heavy atom. The lowest BCUT2D eigenvalue weighted by Gasteiger charge is -2.06. The number of hydrogen-bond acceptors (Lipinski definition) is 7. The number of nitrogens with zero attached hydrogens (tertiary/aromatic N) is 3. The molecule has 9 heteroatoms. The Bertz CT molecular complexity index is 682. The second-order valence-electron chi connectivity index (χ2n) is 4.27.